The van der Waals surface area contributed by atoms with Crippen LogP contribution in [0.15, 0.2) is 0 Å². The van der Waals surface area contributed by atoms with Gasteiger partial charge < -0.3 is 19.7 Å². The van der Waals surface area contributed by atoms with Gasteiger partial charge in [0.15, 0.2) is 0 Å². The van der Waals surface area contributed by atoms with Crippen LogP contribution in [0.1, 0.15) is 19.3 Å². The molecule has 3 aliphatic heterocycles. The molecule has 3 fully saturated rings. The summed E-state index contributed by atoms with van der Waals surface area (Å²) < 4.78 is 11.1. The molecule has 0 aromatic carbocycles. The summed E-state index contributed by atoms with van der Waals surface area (Å²) in [5.74, 6) is 0.836. The zero-order valence-electron chi connectivity index (χ0n) is 11.3. The molecular weight excluding hydrogens is 228 g/mol. The molecule has 3 aliphatic rings. The minimum atomic E-state index is 0.481. The van der Waals surface area contributed by atoms with Crippen LogP contribution >= 0.6 is 0 Å². The molecular formula is C14H26N2O2. The Morgan fingerprint density at radius 1 is 1.06 bits per heavy atom. The van der Waals surface area contributed by atoms with Gasteiger partial charge in [-0.2, -0.15) is 0 Å². The van der Waals surface area contributed by atoms with Crippen LogP contribution < -0.4 is 5.32 Å². The molecule has 1 N–H and O–H groups in total. The highest BCUT2D eigenvalue weighted by Crippen LogP contribution is 2.44. The first-order valence-electron chi connectivity index (χ1n) is 7.48. The van der Waals surface area contributed by atoms with E-state index < -0.39 is 0 Å². The number of hydrogen-bond donors (Lipinski definition) is 1. The maximum absolute atomic E-state index is 5.56. The van der Waals surface area contributed by atoms with Crippen LogP contribution in [0, 0.1) is 11.3 Å². The van der Waals surface area contributed by atoms with Gasteiger partial charge in [0.05, 0.1) is 13.2 Å². The molecule has 0 spiro atoms. The fourth-order valence-electron chi connectivity index (χ4n) is 3.57. The normalized spacial score (nSPS) is 30.0. The smallest absolute Gasteiger partial charge is 0.0547 e. The van der Waals surface area contributed by atoms with Gasteiger partial charge in [0.2, 0.25) is 0 Å². The Labute approximate surface area is 110 Å². The van der Waals surface area contributed by atoms with Crippen molar-refractivity contribution in [2.45, 2.75) is 19.3 Å². The van der Waals surface area contributed by atoms with Gasteiger partial charge in [-0.25, -0.2) is 0 Å². The molecule has 0 radical (unpaired) electrons. The molecule has 4 heteroatoms. The second-order valence-corrected chi connectivity index (χ2v) is 6.08. The van der Waals surface area contributed by atoms with Gasteiger partial charge in [-0.15, -0.1) is 0 Å². The first kappa shape index (κ1) is 12.9. The first-order chi connectivity index (χ1) is 8.89. The summed E-state index contributed by atoms with van der Waals surface area (Å²) in [6.45, 7) is 9.88. The van der Waals surface area contributed by atoms with Crippen molar-refractivity contribution in [3.05, 3.63) is 0 Å². The van der Waals surface area contributed by atoms with E-state index in [0.717, 1.165) is 45.4 Å². The highest BCUT2D eigenvalue weighted by atomic mass is 16.5. The lowest BCUT2D eigenvalue weighted by Crippen LogP contribution is -2.52. The molecule has 4 nitrogen and oxygen atoms in total. The van der Waals surface area contributed by atoms with E-state index in [9.17, 15) is 0 Å². The van der Waals surface area contributed by atoms with E-state index in [1.807, 2.05) is 0 Å². The summed E-state index contributed by atoms with van der Waals surface area (Å²) in [6.07, 6.45) is 3.80. The number of rotatable bonds is 4. The van der Waals surface area contributed by atoms with E-state index in [-0.39, 0.29) is 0 Å². The third kappa shape index (κ3) is 2.72. The van der Waals surface area contributed by atoms with Gasteiger partial charge >= 0.3 is 0 Å². The zero-order valence-corrected chi connectivity index (χ0v) is 11.3. The van der Waals surface area contributed by atoms with Crippen LogP contribution in [0.4, 0.5) is 0 Å². The van der Waals surface area contributed by atoms with Crippen LogP contribution in [0.5, 0.6) is 0 Å². The van der Waals surface area contributed by atoms with Crippen LogP contribution in [0.3, 0.4) is 0 Å². The largest absolute Gasteiger partial charge is 0.381 e. The highest BCUT2D eigenvalue weighted by molar-refractivity contribution is 4.93. The second kappa shape index (κ2) is 5.87. The van der Waals surface area contributed by atoms with Crippen molar-refractivity contribution in [2.75, 3.05) is 59.2 Å². The van der Waals surface area contributed by atoms with Gasteiger partial charge in [-0.1, -0.05) is 0 Å². The number of nitrogens with zero attached hydrogens (tertiary/aromatic N) is 1. The topological polar surface area (TPSA) is 33.7 Å². The molecule has 0 aliphatic carbocycles. The number of ether oxygens (including phenoxy) is 2. The van der Waals surface area contributed by atoms with E-state index in [0.29, 0.717) is 5.41 Å². The van der Waals surface area contributed by atoms with E-state index >= 15 is 0 Å². The van der Waals surface area contributed by atoms with Crippen LogP contribution in [-0.2, 0) is 9.47 Å². The maximum atomic E-state index is 5.56. The molecule has 0 unspecified atom stereocenters. The average molecular weight is 254 g/mol. The lowest BCUT2D eigenvalue weighted by molar-refractivity contribution is -0.168. The van der Waals surface area contributed by atoms with E-state index in [1.165, 1.54) is 38.9 Å². The number of piperazine rings is 1. The van der Waals surface area contributed by atoms with Crippen molar-refractivity contribution < 1.29 is 9.47 Å². The van der Waals surface area contributed by atoms with Crippen LogP contribution in [0.2, 0.25) is 0 Å². The van der Waals surface area contributed by atoms with E-state index in [1.54, 1.807) is 0 Å². The lowest BCUT2D eigenvalue weighted by Gasteiger charge is -2.49. The minimum absolute atomic E-state index is 0.481. The molecule has 3 rings (SSSR count). The second-order valence-electron chi connectivity index (χ2n) is 6.08. The number of hydrogen-bond acceptors (Lipinski definition) is 4. The van der Waals surface area contributed by atoms with Gasteiger partial charge in [0, 0.05) is 44.8 Å². The molecule has 0 bridgehead atoms. The highest BCUT2D eigenvalue weighted by Gasteiger charge is 2.45. The molecule has 0 aromatic rings. The molecule has 3 heterocycles. The lowest BCUT2D eigenvalue weighted by atomic mass is 9.68. The summed E-state index contributed by atoms with van der Waals surface area (Å²) in [4.78, 5) is 2.61. The Morgan fingerprint density at radius 3 is 2.39 bits per heavy atom. The maximum Gasteiger partial charge on any atom is 0.0547 e. The predicted octanol–water partition coefficient (Wildman–Crippen LogP) is 0.725. The van der Waals surface area contributed by atoms with Crippen molar-refractivity contribution in [3.8, 4) is 0 Å². The molecule has 0 saturated carbocycles. The van der Waals surface area contributed by atoms with Gasteiger partial charge in [-0.3, -0.25) is 0 Å². The first-order valence-corrected chi connectivity index (χ1v) is 7.48. The molecule has 0 amide bonds. The molecule has 18 heavy (non-hydrogen) atoms. The van der Waals surface area contributed by atoms with Crippen molar-refractivity contribution in [3.63, 3.8) is 0 Å². The Kier molecular flexibility index (Phi) is 4.19. The SMILES string of the molecule is C1CN(CCC2(C3CCOCC3)COC2)CCN1. The fourth-order valence-corrected chi connectivity index (χ4v) is 3.57. The van der Waals surface area contributed by atoms with Crippen LogP contribution in [0.25, 0.3) is 0 Å². The molecule has 3 saturated heterocycles. The van der Waals surface area contributed by atoms with Crippen molar-refractivity contribution >= 4 is 0 Å². The Bertz CT molecular complexity index is 257. The summed E-state index contributed by atoms with van der Waals surface area (Å²) in [5, 5.41) is 3.42. The Balaban J connectivity index is 1.51. The quantitative estimate of drug-likeness (QED) is 0.802. The third-order valence-corrected chi connectivity index (χ3v) is 5.00. The average Bonchev–Trinajstić information content (AvgIpc) is 2.40. The third-order valence-electron chi connectivity index (χ3n) is 5.00. The zero-order chi connectivity index (χ0) is 12.3. The van der Waals surface area contributed by atoms with E-state index in [4.69, 9.17) is 9.47 Å². The van der Waals surface area contributed by atoms with E-state index in [2.05, 4.69) is 10.2 Å². The summed E-state index contributed by atoms with van der Waals surface area (Å²) in [7, 11) is 0. The van der Waals surface area contributed by atoms with Gasteiger partial charge in [0.1, 0.15) is 0 Å². The van der Waals surface area contributed by atoms with Crippen molar-refractivity contribution in [1.29, 1.82) is 0 Å². The Hall–Kier alpha value is -0.160. The minimum Gasteiger partial charge on any atom is -0.381 e. The summed E-state index contributed by atoms with van der Waals surface area (Å²) in [6, 6.07) is 0. The molecule has 0 aromatic heterocycles. The monoisotopic (exact) mass is 254 g/mol. The van der Waals surface area contributed by atoms with Crippen molar-refractivity contribution in [1.82, 2.24) is 10.2 Å². The van der Waals surface area contributed by atoms with Crippen molar-refractivity contribution in [2.24, 2.45) is 11.3 Å². The fraction of sp³-hybridized carbons (Fsp3) is 1.00. The standard InChI is InChI=1S/C14H26N2O2/c1-9-17-10-2-13(1)14(11-18-12-14)3-6-16-7-4-15-5-8-16/h13,15H,1-12H2. The Morgan fingerprint density at radius 2 is 1.78 bits per heavy atom. The predicted molar refractivity (Wildman–Crippen MR) is 70.7 cm³/mol. The number of nitrogens with one attached hydrogen (secondary N) is 1. The molecule has 104 valence electrons. The van der Waals surface area contributed by atoms with Crippen LogP contribution in [-0.4, -0.2) is 64.1 Å². The summed E-state index contributed by atoms with van der Waals surface area (Å²) >= 11 is 0. The van der Waals surface area contributed by atoms with Gasteiger partial charge in [0.25, 0.3) is 0 Å². The van der Waals surface area contributed by atoms with Gasteiger partial charge in [-0.05, 0) is 31.7 Å². The molecule has 0 atom stereocenters. The summed E-state index contributed by atoms with van der Waals surface area (Å²) in [5.41, 5.74) is 0.481.